The van der Waals surface area contributed by atoms with E-state index in [-0.39, 0.29) is 13.0 Å². The van der Waals surface area contributed by atoms with Crippen molar-refractivity contribution in [1.82, 2.24) is 15.2 Å². The summed E-state index contributed by atoms with van der Waals surface area (Å²) in [7, 11) is 1.58. The summed E-state index contributed by atoms with van der Waals surface area (Å²) in [6.07, 6.45) is 4.21. The fourth-order valence-electron chi connectivity index (χ4n) is 5.27. The van der Waals surface area contributed by atoms with Gasteiger partial charge in [-0.1, -0.05) is 19.1 Å². The number of nitrogens with two attached hydrogens (primary N) is 1. The lowest BCUT2D eigenvalue weighted by Crippen LogP contribution is -2.35. The van der Waals surface area contributed by atoms with Gasteiger partial charge in [-0.15, -0.1) is 0 Å². The molecular weight excluding hydrogens is 522 g/mol. The van der Waals surface area contributed by atoms with Gasteiger partial charge < -0.3 is 35.7 Å². The zero-order chi connectivity index (χ0) is 28.8. The van der Waals surface area contributed by atoms with Crippen molar-refractivity contribution < 1.29 is 24.1 Å². The minimum atomic E-state index is -0.658. The van der Waals surface area contributed by atoms with Crippen LogP contribution in [0.3, 0.4) is 0 Å². The Labute approximate surface area is 241 Å². The van der Waals surface area contributed by atoms with Gasteiger partial charge in [0, 0.05) is 61.1 Å². The largest absolute Gasteiger partial charge is 0.493 e. The quantitative estimate of drug-likeness (QED) is 0.234. The summed E-state index contributed by atoms with van der Waals surface area (Å²) in [4.78, 5) is 19.1. The zero-order valence-electron chi connectivity index (χ0n) is 23.9. The second-order valence-electron chi connectivity index (χ2n) is 10.8. The van der Waals surface area contributed by atoms with E-state index in [0.717, 1.165) is 68.9 Å². The molecule has 1 saturated carbocycles. The second-order valence-corrected chi connectivity index (χ2v) is 10.8. The molecule has 10 heteroatoms. The van der Waals surface area contributed by atoms with Crippen LogP contribution in [0.25, 0.3) is 10.9 Å². The van der Waals surface area contributed by atoms with Crippen LogP contribution in [-0.2, 0) is 28.9 Å². The summed E-state index contributed by atoms with van der Waals surface area (Å²) < 4.78 is 17.2. The van der Waals surface area contributed by atoms with Crippen LogP contribution in [0.2, 0.25) is 0 Å². The number of aromatic nitrogens is 1. The Kier molecular flexibility index (Phi) is 9.56. The summed E-state index contributed by atoms with van der Waals surface area (Å²) in [6, 6.07) is 10.5. The van der Waals surface area contributed by atoms with E-state index in [4.69, 9.17) is 19.9 Å². The number of benzene rings is 2. The molecule has 0 bridgehead atoms. The first-order valence-electron chi connectivity index (χ1n) is 14.4. The number of morpholine rings is 1. The predicted molar refractivity (Wildman–Crippen MR) is 159 cm³/mol. The van der Waals surface area contributed by atoms with Crippen LogP contribution in [-0.4, -0.2) is 79.6 Å². The summed E-state index contributed by atoms with van der Waals surface area (Å²) >= 11 is 0. The smallest absolute Gasteiger partial charge is 0.221 e. The number of hydrogen-bond acceptors (Lipinski definition) is 9. The van der Waals surface area contributed by atoms with Crippen molar-refractivity contribution in [2.45, 2.75) is 51.3 Å². The first-order valence-corrected chi connectivity index (χ1v) is 14.4. The van der Waals surface area contributed by atoms with Crippen LogP contribution in [0, 0.1) is 0 Å². The molecule has 41 heavy (non-hydrogen) atoms. The van der Waals surface area contributed by atoms with Gasteiger partial charge >= 0.3 is 0 Å². The molecule has 1 aliphatic carbocycles. The van der Waals surface area contributed by atoms with Crippen molar-refractivity contribution in [3.05, 3.63) is 53.2 Å². The highest BCUT2D eigenvalue weighted by Crippen LogP contribution is 2.38. The van der Waals surface area contributed by atoms with E-state index in [1.165, 1.54) is 11.1 Å². The molecule has 5 rings (SSSR count). The molecule has 2 aliphatic rings. The number of carbonyl (C=O) groups excluding carboxylic acids is 1. The first-order chi connectivity index (χ1) is 19.9. The Morgan fingerprint density at radius 1 is 1.22 bits per heavy atom. The number of aliphatic hydroxyl groups excluding tert-OH is 1. The third kappa shape index (κ3) is 7.45. The maximum atomic E-state index is 12.0. The van der Waals surface area contributed by atoms with Crippen molar-refractivity contribution in [2.24, 2.45) is 5.73 Å². The maximum absolute atomic E-state index is 12.0. The molecular formula is C31H41N5O5. The van der Waals surface area contributed by atoms with Gasteiger partial charge in [-0.2, -0.15) is 0 Å². The molecule has 1 atom stereocenters. The van der Waals surface area contributed by atoms with E-state index in [0.29, 0.717) is 35.2 Å². The highest BCUT2D eigenvalue weighted by atomic mass is 16.5. The number of carbonyl (C=O) groups is 1. The number of primary amides is 1. The molecule has 2 fully saturated rings. The number of pyridine rings is 1. The van der Waals surface area contributed by atoms with Crippen molar-refractivity contribution in [1.29, 1.82) is 0 Å². The number of methoxy groups -OCH3 is 1. The van der Waals surface area contributed by atoms with Gasteiger partial charge in [0.1, 0.15) is 12.7 Å². The van der Waals surface area contributed by atoms with Crippen LogP contribution in [0.5, 0.6) is 11.5 Å². The van der Waals surface area contributed by atoms with E-state index in [2.05, 4.69) is 45.6 Å². The molecule has 1 aromatic heterocycles. The van der Waals surface area contributed by atoms with Gasteiger partial charge in [0.2, 0.25) is 5.91 Å². The van der Waals surface area contributed by atoms with Crippen LogP contribution >= 0.6 is 0 Å². The lowest BCUT2D eigenvalue weighted by molar-refractivity contribution is -0.117. The number of hydrogen-bond donors (Lipinski definition) is 4. The number of amides is 1. The summed E-state index contributed by atoms with van der Waals surface area (Å²) in [5.41, 5.74) is 11.2. The number of ether oxygens (including phenoxy) is 3. The van der Waals surface area contributed by atoms with E-state index in [1.807, 2.05) is 12.1 Å². The summed E-state index contributed by atoms with van der Waals surface area (Å²) in [5.74, 6) is 0.563. The van der Waals surface area contributed by atoms with Crippen LogP contribution in [0.4, 0.5) is 11.4 Å². The highest BCUT2D eigenvalue weighted by molar-refractivity contribution is 5.98. The molecule has 2 aromatic carbocycles. The van der Waals surface area contributed by atoms with Crippen molar-refractivity contribution in [2.75, 3.05) is 51.9 Å². The first kappa shape index (κ1) is 29.1. The number of nitrogens with zero attached hydrogens (tertiary/aromatic N) is 2. The standard InChI is InChI=1S/C31H41N5O5/c1-3-24-20(18-36-9-11-40-12-10-36)5-4-6-26(24)35-31-21(13-30(32)38)16-34-27-15-28(39-2)29(14-25(27)31)41-19-23(37)17-33-22-7-8-22/h4-6,14-16,22-23,33,37H,3,7-13,17-19H2,1-2H3,(H2,32,38)(H,34,35)/t23-/m0/s1. The molecule has 1 aliphatic heterocycles. The van der Waals surface area contributed by atoms with E-state index in [1.54, 1.807) is 13.3 Å². The average Bonchev–Trinajstić information content (AvgIpc) is 3.81. The molecule has 0 radical (unpaired) electrons. The molecule has 0 spiro atoms. The topological polar surface area (TPSA) is 131 Å². The summed E-state index contributed by atoms with van der Waals surface area (Å²) in [5, 5.41) is 18.2. The van der Waals surface area contributed by atoms with Gasteiger partial charge in [-0.3, -0.25) is 14.7 Å². The lowest BCUT2D eigenvalue weighted by Gasteiger charge is -2.28. The molecule has 2 heterocycles. The number of rotatable bonds is 14. The second kappa shape index (κ2) is 13.5. The number of fused-ring (bicyclic) bond motifs is 1. The fourth-order valence-corrected chi connectivity index (χ4v) is 5.27. The Morgan fingerprint density at radius 2 is 2.02 bits per heavy atom. The van der Waals surface area contributed by atoms with E-state index in [9.17, 15) is 9.90 Å². The maximum Gasteiger partial charge on any atom is 0.221 e. The molecule has 10 nitrogen and oxygen atoms in total. The SMILES string of the molecule is CCc1c(CN2CCOCC2)cccc1Nc1c(CC(N)=O)cnc2cc(OC)c(OC[C@@H](O)CNC3CC3)cc12. The third-order valence-corrected chi connectivity index (χ3v) is 7.63. The average molecular weight is 564 g/mol. The minimum Gasteiger partial charge on any atom is -0.493 e. The van der Waals surface area contributed by atoms with Gasteiger partial charge in [0.15, 0.2) is 11.5 Å². The van der Waals surface area contributed by atoms with Crippen molar-refractivity contribution in [3.63, 3.8) is 0 Å². The van der Waals surface area contributed by atoms with Gasteiger partial charge in [-0.05, 0) is 42.5 Å². The molecule has 1 amide bonds. The molecule has 0 unspecified atom stereocenters. The van der Waals surface area contributed by atoms with Crippen molar-refractivity contribution >= 4 is 28.2 Å². The van der Waals surface area contributed by atoms with E-state index < -0.39 is 12.0 Å². The monoisotopic (exact) mass is 563 g/mol. The minimum absolute atomic E-state index is 0.0357. The Hall–Kier alpha value is -3.44. The van der Waals surface area contributed by atoms with Crippen LogP contribution in [0.1, 0.15) is 36.5 Å². The molecule has 1 saturated heterocycles. The lowest BCUT2D eigenvalue weighted by atomic mass is 10.0. The van der Waals surface area contributed by atoms with E-state index >= 15 is 0 Å². The van der Waals surface area contributed by atoms with Gasteiger partial charge in [0.05, 0.1) is 37.9 Å². The van der Waals surface area contributed by atoms with Crippen LogP contribution < -0.4 is 25.8 Å². The van der Waals surface area contributed by atoms with Gasteiger partial charge in [0.25, 0.3) is 0 Å². The number of anilines is 2. The molecule has 5 N–H and O–H groups in total. The number of aliphatic hydroxyl groups is 1. The van der Waals surface area contributed by atoms with Gasteiger partial charge in [-0.25, -0.2) is 0 Å². The number of nitrogens with one attached hydrogen (secondary N) is 2. The Balaban J connectivity index is 1.48. The summed E-state index contributed by atoms with van der Waals surface area (Å²) in [6.45, 7) is 6.91. The molecule has 3 aromatic rings. The highest BCUT2D eigenvalue weighted by Gasteiger charge is 2.22. The van der Waals surface area contributed by atoms with Crippen molar-refractivity contribution in [3.8, 4) is 11.5 Å². The Morgan fingerprint density at radius 3 is 2.73 bits per heavy atom. The normalized spacial score (nSPS) is 16.5. The van der Waals surface area contributed by atoms with Crippen LogP contribution in [0.15, 0.2) is 36.5 Å². The predicted octanol–water partition coefficient (Wildman–Crippen LogP) is 2.90. The fraction of sp³-hybridized carbons (Fsp3) is 0.484. The third-order valence-electron chi connectivity index (χ3n) is 7.63. The zero-order valence-corrected chi connectivity index (χ0v) is 23.9. The molecule has 220 valence electrons. The Bertz CT molecular complexity index is 1360.